The van der Waals surface area contributed by atoms with Gasteiger partial charge in [-0.15, -0.1) is 0 Å². The van der Waals surface area contributed by atoms with Crippen LogP contribution in [0.5, 0.6) is 0 Å². The van der Waals surface area contributed by atoms with Gasteiger partial charge in [-0.1, -0.05) is 13.0 Å². The number of hydrogen-bond acceptors (Lipinski definition) is 7. The Morgan fingerprint density at radius 3 is 2.46 bits per heavy atom. The summed E-state index contributed by atoms with van der Waals surface area (Å²) in [6.07, 6.45) is 5.04. The van der Waals surface area contributed by atoms with Crippen LogP contribution >= 0.6 is 0 Å². The molecule has 2 aliphatic rings. The van der Waals surface area contributed by atoms with Crippen molar-refractivity contribution in [3.05, 3.63) is 59.6 Å². The molecule has 0 atom stereocenters. The van der Waals surface area contributed by atoms with Crippen LogP contribution in [0.1, 0.15) is 36.9 Å². The number of benzene rings is 1. The fraction of sp³-hybridized carbons (Fsp3) is 0.407. The summed E-state index contributed by atoms with van der Waals surface area (Å²) in [4.78, 5) is 17.8. The van der Waals surface area contributed by atoms with Crippen LogP contribution in [-0.2, 0) is 13.6 Å². The van der Waals surface area contributed by atoms with Crippen molar-refractivity contribution in [2.45, 2.75) is 32.2 Å². The molecule has 1 aliphatic heterocycles. The van der Waals surface area contributed by atoms with Gasteiger partial charge in [0.2, 0.25) is 5.95 Å². The number of aryl methyl sites for hydroxylation is 1. The summed E-state index contributed by atoms with van der Waals surface area (Å²) < 4.78 is 31.5. The Morgan fingerprint density at radius 1 is 0.973 bits per heavy atom. The molecule has 4 aromatic rings. The van der Waals surface area contributed by atoms with Crippen molar-refractivity contribution in [3.63, 3.8) is 0 Å². The van der Waals surface area contributed by atoms with E-state index >= 15 is 0 Å². The molecule has 0 bridgehead atoms. The van der Waals surface area contributed by atoms with E-state index in [0.29, 0.717) is 28.2 Å². The van der Waals surface area contributed by atoms with Gasteiger partial charge in [0.15, 0.2) is 11.6 Å². The average molecular weight is 505 g/mol. The Labute approximate surface area is 214 Å². The third kappa shape index (κ3) is 4.91. The van der Waals surface area contributed by atoms with Crippen LogP contribution in [0.25, 0.3) is 22.2 Å². The highest BCUT2D eigenvalue weighted by atomic mass is 19.1. The monoisotopic (exact) mass is 504 g/mol. The minimum atomic E-state index is -0.618. The molecule has 3 aromatic heterocycles. The quantitative estimate of drug-likeness (QED) is 0.398. The van der Waals surface area contributed by atoms with Gasteiger partial charge in [-0.05, 0) is 43.1 Å². The van der Waals surface area contributed by atoms with Gasteiger partial charge in [0.1, 0.15) is 17.0 Å². The van der Waals surface area contributed by atoms with Crippen LogP contribution in [0, 0.1) is 11.6 Å². The first kappa shape index (κ1) is 23.9. The number of pyridine rings is 1. The Kier molecular flexibility index (Phi) is 6.29. The Hall–Kier alpha value is -3.50. The van der Waals surface area contributed by atoms with Crippen molar-refractivity contribution in [2.24, 2.45) is 7.05 Å². The number of rotatable bonds is 7. The van der Waals surface area contributed by atoms with Gasteiger partial charge in [0, 0.05) is 68.5 Å². The summed E-state index contributed by atoms with van der Waals surface area (Å²) in [7, 11) is 1.82. The zero-order valence-electron chi connectivity index (χ0n) is 21.1. The Bertz CT molecular complexity index is 1420. The summed E-state index contributed by atoms with van der Waals surface area (Å²) in [5.74, 6) is 0.0131. The van der Waals surface area contributed by atoms with Crippen LogP contribution in [0.2, 0.25) is 0 Å². The predicted octanol–water partition coefficient (Wildman–Crippen LogP) is 4.46. The highest BCUT2D eigenvalue weighted by Crippen LogP contribution is 2.44. The minimum Gasteiger partial charge on any atom is -0.309 e. The molecule has 2 fully saturated rings. The molecule has 4 heterocycles. The number of nitrogens with one attached hydrogen (secondary N) is 1. The lowest BCUT2D eigenvalue weighted by Gasteiger charge is -2.33. The van der Waals surface area contributed by atoms with Gasteiger partial charge >= 0.3 is 0 Å². The number of hydrogen-bond donors (Lipinski definition) is 1. The van der Waals surface area contributed by atoms with Crippen molar-refractivity contribution >= 4 is 22.7 Å². The largest absolute Gasteiger partial charge is 0.309 e. The number of aromatic nitrogens is 5. The van der Waals surface area contributed by atoms with E-state index in [1.54, 1.807) is 10.7 Å². The Balaban J connectivity index is 1.21. The van der Waals surface area contributed by atoms with E-state index in [-0.39, 0.29) is 11.6 Å². The molecule has 1 saturated heterocycles. The second kappa shape index (κ2) is 9.75. The van der Waals surface area contributed by atoms with E-state index in [9.17, 15) is 8.78 Å². The summed E-state index contributed by atoms with van der Waals surface area (Å²) >= 11 is 0. The van der Waals surface area contributed by atoms with Gasteiger partial charge < -0.3 is 10.2 Å². The summed E-state index contributed by atoms with van der Waals surface area (Å²) in [5, 5.41) is 8.10. The predicted molar refractivity (Wildman–Crippen MR) is 139 cm³/mol. The third-order valence-corrected chi connectivity index (χ3v) is 7.30. The van der Waals surface area contributed by atoms with Gasteiger partial charge in [-0.2, -0.15) is 5.10 Å². The van der Waals surface area contributed by atoms with Crippen molar-refractivity contribution in [2.75, 3.05) is 38.0 Å². The molecule has 8 nitrogen and oxygen atoms in total. The summed E-state index contributed by atoms with van der Waals surface area (Å²) in [6, 6.07) is 6.96. The molecule has 6 rings (SSSR count). The summed E-state index contributed by atoms with van der Waals surface area (Å²) in [6.45, 7) is 8.42. The molecule has 192 valence electrons. The second-order valence-corrected chi connectivity index (χ2v) is 9.91. The molecule has 1 N–H and O–H groups in total. The molecule has 37 heavy (non-hydrogen) atoms. The normalized spacial score (nSPS) is 17.0. The van der Waals surface area contributed by atoms with Crippen LogP contribution < -0.4 is 5.32 Å². The van der Waals surface area contributed by atoms with E-state index in [2.05, 4.69) is 42.1 Å². The standard InChI is InChI=1S/C27H30F2N8/c1-3-36-8-10-37(11-9-36)16-17-4-7-23(30-14-17)32-27-31-15-22(29)24(33-27)19-12-20-25(21(28)13-19)34-35(2)26(20)18-5-6-18/h4,7,12-15,18H,3,5-6,8-11,16H2,1-2H3,(H,30,31,32,33). The molecule has 0 amide bonds. The lowest BCUT2D eigenvalue weighted by molar-refractivity contribution is 0.132. The molecule has 0 unspecified atom stereocenters. The second-order valence-electron chi connectivity index (χ2n) is 9.91. The van der Waals surface area contributed by atoms with E-state index < -0.39 is 11.6 Å². The maximum absolute atomic E-state index is 15.0. The lowest BCUT2D eigenvalue weighted by atomic mass is 10.1. The van der Waals surface area contributed by atoms with Gasteiger partial charge in [0.25, 0.3) is 0 Å². The smallest absolute Gasteiger partial charge is 0.229 e. The van der Waals surface area contributed by atoms with Gasteiger partial charge in [-0.25, -0.2) is 23.7 Å². The number of anilines is 2. The third-order valence-electron chi connectivity index (χ3n) is 7.30. The first-order valence-corrected chi connectivity index (χ1v) is 12.8. The van der Waals surface area contributed by atoms with Crippen LogP contribution in [0.3, 0.4) is 0 Å². The van der Waals surface area contributed by atoms with E-state index in [1.165, 1.54) is 6.07 Å². The molecular formula is C27H30F2N8. The number of likely N-dealkylation sites (N-methyl/N-ethyl adjacent to an activating group) is 1. The zero-order valence-corrected chi connectivity index (χ0v) is 21.1. The fourth-order valence-electron chi connectivity index (χ4n) is 5.11. The topological polar surface area (TPSA) is 75.0 Å². The average Bonchev–Trinajstić information content (AvgIpc) is 3.68. The van der Waals surface area contributed by atoms with Gasteiger partial charge in [-0.3, -0.25) is 9.58 Å². The number of nitrogens with zero attached hydrogens (tertiary/aromatic N) is 7. The first-order valence-electron chi connectivity index (χ1n) is 12.8. The fourth-order valence-corrected chi connectivity index (χ4v) is 5.11. The maximum Gasteiger partial charge on any atom is 0.229 e. The molecule has 0 radical (unpaired) electrons. The van der Waals surface area contributed by atoms with Crippen LogP contribution in [-0.4, -0.2) is 67.3 Å². The molecule has 1 saturated carbocycles. The van der Waals surface area contributed by atoms with E-state index in [0.717, 1.165) is 69.6 Å². The SMILES string of the molecule is CCN1CCN(Cc2ccc(Nc3ncc(F)c(-c4cc(F)c5nn(C)c(C6CC6)c5c4)n3)nc2)CC1. The summed E-state index contributed by atoms with van der Waals surface area (Å²) in [5.41, 5.74) is 2.81. The van der Waals surface area contributed by atoms with E-state index in [1.807, 2.05) is 25.4 Å². The molecule has 1 aliphatic carbocycles. The molecular weight excluding hydrogens is 474 g/mol. The Morgan fingerprint density at radius 2 is 1.76 bits per heavy atom. The molecule has 10 heteroatoms. The highest BCUT2D eigenvalue weighted by molar-refractivity contribution is 5.87. The lowest BCUT2D eigenvalue weighted by Crippen LogP contribution is -2.45. The molecule has 0 spiro atoms. The first-order chi connectivity index (χ1) is 18.0. The van der Waals surface area contributed by atoms with Crippen molar-refractivity contribution in [1.82, 2.24) is 34.5 Å². The number of piperazine rings is 1. The zero-order chi connectivity index (χ0) is 25.5. The van der Waals surface area contributed by atoms with E-state index in [4.69, 9.17) is 0 Å². The van der Waals surface area contributed by atoms with Crippen LogP contribution in [0.4, 0.5) is 20.5 Å². The molecule has 1 aromatic carbocycles. The maximum atomic E-state index is 15.0. The van der Waals surface area contributed by atoms with Crippen molar-refractivity contribution in [1.29, 1.82) is 0 Å². The number of fused-ring (bicyclic) bond motifs is 1. The minimum absolute atomic E-state index is 0.0340. The van der Waals surface area contributed by atoms with Crippen LogP contribution in [0.15, 0.2) is 36.7 Å². The van der Waals surface area contributed by atoms with Gasteiger partial charge in [0.05, 0.1) is 6.20 Å². The number of halogens is 2. The van der Waals surface area contributed by atoms with Crippen molar-refractivity contribution in [3.8, 4) is 11.3 Å². The highest BCUT2D eigenvalue weighted by Gasteiger charge is 2.30. The van der Waals surface area contributed by atoms with Crippen molar-refractivity contribution < 1.29 is 8.78 Å².